The van der Waals surface area contributed by atoms with E-state index >= 15 is 0 Å². The Morgan fingerprint density at radius 2 is 1.55 bits per heavy atom. The third-order valence-electron chi connectivity index (χ3n) is 1.03. The van der Waals surface area contributed by atoms with Gasteiger partial charge in [-0.3, -0.25) is 0 Å². The zero-order chi connectivity index (χ0) is 7.61. The normalized spacial score (nSPS) is 10.3. The Labute approximate surface area is 71.2 Å². The molecule has 1 aromatic carbocycles. The SMILES string of the molecule is O=S(=O)([O-])c1ccccc1.[Cl-]. The molecule has 5 heteroatoms. The van der Waals surface area contributed by atoms with Crippen LogP contribution < -0.4 is 12.4 Å². The quantitative estimate of drug-likeness (QED) is 0.466. The molecule has 0 saturated carbocycles. The second kappa shape index (κ2) is 3.71. The minimum Gasteiger partial charge on any atom is -1.00 e. The lowest BCUT2D eigenvalue weighted by molar-refractivity contribution is -0.00000635. The molecule has 0 unspecified atom stereocenters. The third kappa shape index (κ3) is 2.88. The third-order valence-corrected chi connectivity index (χ3v) is 1.88. The molecule has 62 valence electrons. The molecule has 0 amide bonds. The van der Waals surface area contributed by atoms with E-state index in [1.54, 1.807) is 6.07 Å². The van der Waals surface area contributed by atoms with Gasteiger partial charge in [-0.15, -0.1) is 0 Å². The van der Waals surface area contributed by atoms with E-state index in [0.717, 1.165) is 0 Å². The molecule has 0 atom stereocenters. The molecule has 0 aromatic heterocycles. The number of rotatable bonds is 1. The van der Waals surface area contributed by atoms with Crippen molar-refractivity contribution in [1.29, 1.82) is 0 Å². The molecule has 3 nitrogen and oxygen atoms in total. The van der Waals surface area contributed by atoms with Crippen molar-refractivity contribution in [3.05, 3.63) is 30.3 Å². The van der Waals surface area contributed by atoms with Gasteiger partial charge in [0.05, 0.1) is 4.90 Å². The van der Waals surface area contributed by atoms with E-state index in [-0.39, 0.29) is 17.3 Å². The van der Waals surface area contributed by atoms with E-state index in [1.807, 2.05) is 0 Å². The van der Waals surface area contributed by atoms with Crippen molar-refractivity contribution in [2.24, 2.45) is 0 Å². The van der Waals surface area contributed by atoms with Gasteiger partial charge in [0.25, 0.3) is 0 Å². The monoisotopic (exact) mass is 192 g/mol. The molecule has 1 rings (SSSR count). The van der Waals surface area contributed by atoms with Gasteiger partial charge in [-0.25, -0.2) is 8.42 Å². The van der Waals surface area contributed by atoms with Crippen LogP contribution in [0.2, 0.25) is 0 Å². The van der Waals surface area contributed by atoms with Gasteiger partial charge in [0.2, 0.25) is 0 Å². The van der Waals surface area contributed by atoms with Crippen molar-refractivity contribution in [3.8, 4) is 0 Å². The second-order valence-corrected chi connectivity index (χ2v) is 3.15. The highest BCUT2D eigenvalue weighted by molar-refractivity contribution is 7.85. The summed E-state index contributed by atoms with van der Waals surface area (Å²) in [4.78, 5) is -0.185. The van der Waals surface area contributed by atoms with Gasteiger partial charge < -0.3 is 17.0 Å². The van der Waals surface area contributed by atoms with E-state index in [4.69, 9.17) is 0 Å². The molecular weight excluding hydrogens is 188 g/mol. The van der Waals surface area contributed by atoms with Crippen molar-refractivity contribution in [2.75, 3.05) is 0 Å². The van der Waals surface area contributed by atoms with E-state index in [1.165, 1.54) is 24.3 Å². The molecule has 0 aliphatic carbocycles. The average molecular weight is 193 g/mol. The molecule has 0 fully saturated rings. The van der Waals surface area contributed by atoms with E-state index in [2.05, 4.69) is 0 Å². The van der Waals surface area contributed by atoms with Crippen LogP contribution in [0.1, 0.15) is 0 Å². The smallest absolute Gasteiger partial charge is 0.124 e. The Morgan fingerprint density at radius 3 is 1.82 bits per heavy atom. The van der Waals surface area contributed by atoms with Gasteiger partial charge in [-0.2, -0.15) is 0 Å². The van der Waals surface area contributed by atoms with Crippen molar-refractivity contribution in [3.63, 3.8) is 0 Å². The largest absolute Gasteiger partial charge is 1.00 e. The summed E-state index contributed by atoms with van der Waals surface area (Å²) in [6.07, 6.45) is 0. The minimum atomic E-state index is -4.25. The van der Waals surface area contributed by atoms with E-state index in [9.17, 15) is 13.0 Å². The summed E-state index contributed by atoms with van der Waals surface area (Å²) in [5, 5.41) is 0. The number of hydrogen-bond acceptors (Lipinski definition) is 3. The van der Waals surface area contributed by atoms with Gasteiger partial charge in [0.15, 0.2) is 0 Å². The average Bonchev–Trinajstić information content (AvgIpc) is 1.88. The Kier molecular flexibility index (Phi) is 3.51. The van der Waals surface area contributed by atoms with Crippen LogP contribution in [0.3, 0.4) is 0 Å². The first-order chi connectivity index (χ1) is 4.61. The topological polar surface area (TPSA) is 57.2 Å². The summed E-state index contributed by atoms with van der Waals surface area (Å²) < 4.78 is 30.8. The number of halogens is 1. The van der Waals surface area contributed by atoms with Crippen LogP contribution in [0.5, 0.6) is 0 Å². The summed E-state index contributed by atoms with van der Waals surface area (Å²) in [5.74, 6) is 0. The van der Waals surface area contributed by atoms with Crippen molar-refractivity contribution >= 4 is 10.1 Å². The van der Waals surface area contributed by atoms with Gasteiger partial charge in [-0.1, -0.05) is 18.2 Å². The molecule has 0 radical (unpaired) electrons. The highest BCUT2D eigenvalue weighted by atomic mass is 35.5. The summed E-state index contributed by atoms with van der Waals surface area (Å²) in [7, 11) is -4.25. The lowest BCUT2D eigenvalue weighted by Crippen LogP contribution is -3.00. The maximum Gasteiger partial charge on any atom is 0.124 e. The summed E-state index contributed by atoms with van der Waals surface area (Å²) in [6, 6.07) is 7.19. The first kappa shape index (κ1) is 10.4. The minimum absolute atomic E-state index is 0. The Hall–Kier alpha value is -0.580. The summed E-state index contributed by atoms with van der Waals surface area (Å²) in [6.45, 7) is 0. The van der Waals surface area contributed by atoms with Crippen LogP contribution in [0.15, 0.2) is 35.2 Å². The standard InChI is InChI=1S/C6H6O3S.ClH/c7-10(8,9)6-4-2-1-3-5-6;/h1-5H,(H,7,8,9);1H/p-2. The first-order valence-electron chi connectivity index (χ1n) is 2.61. The zero-order valence-corrected chi connectivity index (χ0v) is 6.97. The van der Waals surface area contributed by atoms with Crippen LogP contribution in [0.25, 0.3) is 0 Å². The Balaban J connectivity index is 0.000001000. The predicted octanol–water partition coefficient (Wildman–Crippen LogP) is -2.41. The molecule has 0 aliphatic heterocycles. The van der Waals surface area contributed by atoms with Crippen LogP contribution in [-0.4, -0.2) is 13.0 Å². The highest BCUT2D eigenvalue weighted by Gasteiger charge is 1.95. The van der Waals surface area contributed by atoms with Gasteiger partial charge in [0.1, 0.15) is 10.1 Å². The molecule has 1 aromatic rings. The van der Waals surface area contributed by atoms with Crippen LogP contribution in [-0.2, 0) is 10.1 Å². The van der Waals surface area contributed by atoms with Gasteiger partial charge >= 0.3 is 0 Å². The fraction of sp³-hybridized carbons (Fsp3) is 0. The summed E-state index contributed by atoms with van der Waals surface area (Å²) in [5.41, 5.74) is 0. The van der Waals surface area contributed by atoms with Crippen molar-refractivity contribution in [1.82, 2.24) is 0 Å². The maximum atomic E-state index is 10.3. The van der Waals surface area contributed by atoms with Crippen LogP contribution in [0, 0.1) is 0 Å². The molecule has 0 heterocycles. The molecule has 0 bridgehead atoms. The molecular formula is C6H5ClO3S-2. The summed E-state index contributed by atoms with van der Waals surface area (Å²) >= 11 is 0. The van der Waals surface area contributed by atoms with Crippen molar-refractivity contribution in [2.45, 2.75) is 4.90 Å². The first-order valence-corrected chi connectivity index (χ1v) is 4.02. The zero-order valence-electron chi connectivity index (χ0n) is 5.40. The Morgan fingerprint density at radius 1 is 1.09 bits per heavy atom. The van der Waals surface area contributed by atoms with Crippen LogP contribution >= 0.6 is 0 Å². The van der Waals surface area contributed by atoms with E-state index in [0.29, 0.717) is 0 Å². The van der Waals surface area contributed by atoms with Crippen LogP contribution in [0.4, 0.5) is 0 Å². The van der Waals surface area contributed by atoms with E-state index < -0.39 is 10.1 Å². The highest BCUT2D eigenvalue weighted by Crippen LogP contribution is 2.04. The Bertz CT molecular complexity index is 306. The molecule has 0 aliphatic rings. The molecule has 0 saturated heterocycles. The lowest BCUT2D eigenvalue weighted by Gasteiger charge is -2.04. The fourth-order valence-corrected chi connectivity index (χ4v) is 1.08. The molecule has 0 N–H and O–H groups in total. The van der Waals surface area contributed by atoms with Gasteiger partial charge in [-0.05, 0) is 12.1 Å². The maximum absolute atomic E-state index is 10.3. The second-order valence-electron chi connectivity index (χ2n) is 1.77. The predicted molar refractivity (Wildman–Crippen MR) is 34.4 cm³/mol. The number of hydrogen-bond donors (Lipinski definition) is 0. The molecule has 11 heavy (non-hydrogen) atoms. The van der Waals surface area contributed by atoms with Crippen molar-refractivity contribution < 1.29 is 25.4 Å². The fourth-order valence-electron chi connectivity index (χ4n) is 0.587. The lowest BCUT2D eigenvalue weighted by atomic mass is 10.4. The number of benzene rings is 1. The molecule has 0 spiro atoms. The van der Waals surface area contributed by atoms with Gasteiger partial charge in [0, 0.05) is 0 Å².